The Morgan fingerprint density at radius 3 is 1.44 bits per heavy atom. The van der Waals surface area contributed by atoms with Crippen molar-refractivity contribution in [3.05, 3.63) is 0 Å². The third-order valence-electron chi connectivity index (χ3n) is 0.436. The number of ketones is 1. The highest BCUT2D eigenvalue weighted by Crippen LogP contribution is 2.16. The van der Waals surface area contributed by atoms with Gasteiger partial charge in [-0.05, 0) is 0 Å². The van der Waals surface area contributed by atoms with Crippen LogP contribution >= 0.6 is 0 Å². The molecule has 0 atom stereocenters. The first kappa shape index (κ1) is 8.06. The molecule has 0 aliphatic rings. The molecule has 2 nitrogen and oxygen atoms in total. The van der Waals surface area contributed by atoms with Crippen molar-refractivity contribution in [1.29, 1.82) is 0 Å². The quantitative estimate of drug-likeness (QED) is 0.307. The maximum absolute atomic E-state index is 10.9. The summed E-state index contributed by atoms with van der Waals surface area (Å²) in [6.07, 6.45) is -5.38. The smallest absolute Gasteiger partial charge is 0.277 e. The van der Waals surface area contributed by atoms with Crippen LogP contribution in [0, 0.1) is 0 Å². The molecule has 0 aliphatic carbocycles. The lowest BCUT2D eigenvalue weighted by molar-refractivity contribution is -0.178. The van der Waals surface area contributed by atoms with Crippen molar-refractivity contribution in [2.24, 2.45) is 0 Å². The Kier molecular flexibility index (Phi) is 1.90. The van der Waals surface area contributed by atoms with E-state index < -0.39 is 18.0 Å². The number of alkyl halides is 3. The van der Waals surface area contributed by atoms with Crippen molar-refractivity contribution in [3.8, 4) is 0 Å². The Morgan fingerprint density at radius 2 is 1.44 bits per heavy atom. The molecular weight excluding hydrogens is 144 g/mol. The lowest BCUT2D eigenvalue weighted by atomic mass is 10.4. The highest BCUT2D eigenvalue weighted by Gasteiger charge is 2.43. The van der Waals surface area contributed by atoms with Crippen LogP contribution in [0.15, 0.2) is 0 Å². The normalized spacial score (nSPS) is 11.1. The molecule has 0 aliphatic heterocycles. The van der Waals surface area contributed by atoms with Crippen LogP contribution in [-0.2, 0) is 9.59 Å². The highest BCUT2D eigenvalue weighted by atomic mass is 19.4. The van der Waals surface area contributed by atoms with Crippen molar-refractivity contribution in [2.75, 3.05) is 0 Å². The van der Waals surface area contributed by atoms with Gasteiger partial charge in [-0.1, -0.05) is 0 Å². The van der Waals surface area contributed by atoms with E-state index in [1.54, 1.807) is 0 Å². The van der Waals surface area contributed by atoms with Gasteiger partial charge < -0.3 is 0 Å². The Labute approximate surface area is 46.5 Å². The fourth-order valence-electron chi connectivity index (χ4n) is 0.111. The average Bonchev–Trinajstić information content (AvgIpc) is 1.62. The summed E-state index contributed by atoms with van der Waals surface area (Å²) in [6, 6.07) is -2.98. The Bertz CT molecular complexity index is 146. The summed E-state index contributed by atoms with van der Waals surface area (Å²) in [6.45, 7) is 0. The minimum absolute atomic E-state index is 2.97. The molecule has 6 heteroatoms. The Morgan fingerprint density at radius 1 is 1.11 bits per heavy atom. The van der Waals surface area contributed by atoms with Crippen LogP contribution < -0.4 is 0 Å². The summed E-state index contributed by atoms with van der Waals surface area (Å²) < 4.78 is 43.6. The van der Waals surface area contributed by atoms with E-state index in [1.807, 2.05) is 0 Å². The fraction of sp³-hybridized carbons (Fsp3) is 0.333. The average molecular weight is 144 g/mol. The van der Waals surface area contributed by atoms with E-state index in [9.17, 15) is 22.4 Å². The molecule has 0 amide bonds. The number of rotatable bonds is 1. The van der Waals surface area contributed by atoms with Gasteiger partial charge in [0.15, 0.2) is 0 Å². The second-order valence-corrected chi connectivity index (χ2v) is 1.10. The molecule has 0 saturated heterocycles. The third kappa shape index (κ3) is 2.20. The van der Waals surface area contributed by atoms with E-state index in [0.717, 1.165) is 0 Å². The van der Waals surface area contributed by atoms with Crippen molar-refractivity contribution < 1.29 is 27.2 Å². The first-order valence-electron chi connectivity index (χ1n) is 1.66. The summed E-state index contributed by atoms with van der Waals surface area (Å²) in [7, 11) is 0. The number of hydrogen-bond acceptors (Lipinski definition) is 2. The first-order chi connectivity index (χ1) is 3.85. The molecule has 0 heterocycles. The molecule has 0 fully saturated rings. The maximum atomic E-state index is 10.9. The molecule has 0 rings (SSSR count). The van der Waals surface area contributed by atoms with Crippen LogP contribution in [-0.4, -0.2) is 18.0 Å². The van der Waals surface area contributed by atoms with Crippen LogP contribution in [0.1, 0.15) is 0 Å². The van der Waals surface area contributed by atoms with Gasteiger partial charge in [0.25, 0.3) is 0 Å². The predicted molar refractivity (Wildman–Crippen MR) is 17.2 cm³/mol. The van der Waals surface area contributed by atoms with E-state index in [1.165, 1.54) is 0 Å². The molecule has 0 saturated carbocycles. The predicted octanol–water partition coefficient (Wildman–Crippen LogP) is 0.614. The van der Waals surface area contributed by atoms with Crippen LogP contribution in [0.2, 0.25) is 0 Å². The van der Waals surface area contributed by atoms with Gasteiger partial charge in [0, 0.05) is 0 Å². The molecular formula is C3F4O2. The third-order valence-corrected chi connectivity index (χ3v) is 0.436. The highest BCUT2D eigenvalue weighted by molar-refractivity contribution is 6.35. The zero-order valence-electron chi connectivity index (χ0n) is 3.83. The molecule has 0 radical (unpaired) electrons. The minimum atomic E-state index is -5.38. The molecule has 0 N–H and O–H groups in total. The monoisotopic (exact) mass is 144 g/mol. The van der Waals surface area contributed by atoms with E-state index in [-0.39, 0.29) is 0 Å². The lowest BCUT2D eigenvalue weighted by Gasteiger charge is -1.96. The van der Waals surface area contributed by atoms with Gasteiger partial charge in [-0.2, -0.15) is 17.6 Å². The molecule has 0 spiro atoms. The summed E-state index contributed by atoms with van der Waals surface area (Å²) in [4.78, 5) is 18.4. The molecule has 0 unspecified atom stereocenters. The zero-order valence-corrected chi connectivity index (χ0v) is 3.83. The second kappa shape index (κ2) is 2.12. The molecule has 9 heavy (non-hydrogen) atoms. The minimum Gasteiger partial charge on any atom is -0.277 e. The van der Waals surface area contributed by atoms with E-state index in [0.29, 0.717) is 0 Å². The van der Waals surface area contributed by atoms with Gasteiger partial charge in [-0.25, -0.2) is 0 Å². The number of carbonyl (C=O) groups excluding carboxylic acids is 2. The maximum Gasteiger partial charge on any atom is 0.461 e. The second-order valence-electron chi connectivity index (χ2n) is 1.10. The summed E-state index contributed by atoms with van der Waals surface area (Å²) >= 11 is 0. The van der Waals surface area contributed by atoms with Gasteiger partial charge in [-0.3, -0.25) is 9.59 Å². The fourth-order valence-corrected chi connectivity index (χ4v) is 0.111. The Balaban J connectivity index is 4.23. The number of hydrogen-bond donors (Lipinski definition) is 0. The van der Waals surface area contributed by atoms with E-state index in [4.69, 9.17) is 4.79 Å². The van der Waals surface area contributed by atoms with E-state index >= 15 is 0 Å². The molecule has 0 bridgehead atoms. The van der Waals surface area contributed by atoms with Gasteiger partial charge in [0.2, 0.25) is 0 Å². The van der Waals surface area contributed by atoms with Crippen molar-refractivity contribution in [1.82, 2.24) is 0 Å². The van der Waals surface area contributed by atoms with Crippen LogP contribution in [0.4, 0.5) is 17.6 Å². The topological polar surface area (TPSA) is 34.1 Å². The lowest BCUT2D eigenvalue weighted by Crippen LogP contribution is -2.27. The van der Waals surface area contributed by atoms with Crippen molar-refractivity contribution in [3.63, 3.8) is 0 Å². The zero-order chi connectivity index (χ0) is 7.65. The van der Waals surface area contributed by atoms with Crippen LogP contribution in [0.5, 0.6) is 0 Å². The number of halogens is 4. The van der Waals surface area contributed by atoms with Gasteiger partial charge in [0.1, 0.15) is 0 Å². The van der Waals surface area contributed by atoms with Crippen molar-refractivity contribution in [2.45, 2.75) is 6.18 Å². The number of Topliss-reactive ketones (excluding diaryl/α,β-unsaturated/α-hetero) is 1. The number of carbonyl (C=O) groups is 2. The van der Waals surface area contributed by atoms with E-state index in [2.05, 4.69) is 0 Å². The standard InChI is InChI=1S/C3F4O2/c4-2(9)1(8)3(5,6)7. The SMILES string of the molecule is O=C(F)C(=O)C(F)(F)F. The van der Waals surface area contributed by atoms with Crippen LogP contribution in [0.3, 0.4) is 0 Å². The first-order valence-corrected chi connectivity index (χ1v) is 1.66. The molecule has 0 aromatic heterocycles. The summed E-state index contributed by atoms with van der Waals surface area (Å²) in [5, 5.41) is 0. The van der Waals surface area contributed by atoms with Crippen molar-refractivity contribution >= 4 is 11.8 Å². The van der Waals surface area contributed by atoms with Gasteiger partial charge in [0.05, 0.1) is 0 Å². The van der Waals surface area contributed by atoms with Gasteiger partial charge in [-0.15, -0.1) is 0 Å². The largest absolute Gasteiger partial charge is 0.461 e. The summed E-state index contributed by atoms with van der Waals surface area (Å²) in [5.41, 5.74) is 0. The van der Waals surface area contributed by atoms with Crippen LogP contribution in [0.25, 0.3) is 0 Å². The Hall–Kier alpha value is -0.940. The molecule has 0 aromatic rings. The van der Waals surface area contributed by atoms with Gasteiger partial charge >= 0.3 is 18.0 Å². The summed E-state index contributed by atoms with van der Waals surface area (Å²) in [5.74, 6) is -2.97. The molecule has 52 valence electrons. The molecule has 0 aromatic carbocycles.